The van der Waals surface area contributed by atoms with Crippen molar-refractivity contribution in [1.29, 1.82) is 5.26 Å². The number of nitriles is 1. The van der Waals surface area contributed by atoms with E-state index in [1.54, 1.807) is 0 Å². The third-order valence-corrected chi connectivity index (χ3v) is 3.54. The van der Waals surface area contributed by atoms with Gasteiger partial charge >= 0.3 is 0 Å². The van der Waals surface area contributed by atoms with Crippen LogP contribution in [-0.2, 0) is 0 Å². The summed E-state index contributed by atoms with van der Waals surface area (Å²) in [6, 6.07) is 16.0. The topological polar surface area (TPSA) is 36.7 Å². The lowest BCUT2D eigenvalue weighted by Gasteiger charge is -2.15. The standard InChI is InChI=1S/C19H15N2/c1-14-6-4-11-19(21-14)16-9-5-8-15(12-16)18-10-3-2-7-17(18)13-20/h2-8,10-12H,9H2,1H3. The van der Waals surface area contributed by atoms with Crippen LogP contribution in [0.15, 0.2) is 54.6 Å². The molecule has 3 rings (SSSR count). The summed E-state index contributed by atoms with van der Waals surface area (Å²) < 4.78 is 0. The highest BCUT2D eigenvalue weighted by Gasteiger charge is 2.12. The van der Waals surface area contributed by atoms with E-state index in [0.29, 0.717) is 5.56 Å². The minimum Gasteiger partial charge on any atom is -0.253 e. The summed E-state index contributed by atoms with van der Waals surface area (Å²) in [6.07, 6.45) is 7.21. The zero-order valence-corrected chi connectivity index (χ0v) is 11.9. The third kappa shape index (κ3) is 2.78. The summed E-state index contributed by atoms with van der Waals surface area (Å²) in [6.45, 7) is 2.00. The molecule has 0 aliphatic heterocycles. The van der Waals surface area contributed by atoms with Crippen LogP contribution in [0, 0.1) is 24.7 Å². The maximum Gasteiger partial charge on any atom is 0.0998 e. The lowest BCUT2D eigenvalue weighted by Crippen LogP contribution is -1.98. The maximum atomic E-state index is 9.25. The van der Waals surface area contributed by atoms with Crippen molar-refractivity contribution in [2.75, 3.05) is 0 Å². The lowest BCUT2D eigenvalue weighted by atomic mass is 9.91. The summed E-state index contributed by atoms with van der Waals surface area (Å²) in [4.78, 5) is 4.59. The van der Waals surface area contributed by atoms with Gasteiger partial charge in [0, 0.05) is 5.69 Å². The van der Waals surface area contributed by atoms with Gasteiger partial charge < -0.3 is 0 Å². The molecule has 101 valence electrons. The first-order valence-electron chi connectivity index (χ1n) is 6.95. The lowest BCUT2D eigenvalue weighted by molar-refractivity contribution is 1.14. The predicted molar refractivity (Wildman–Crippen MR) is 85.0 cm³/mol. The van der Waals surface area contributed by atoms with Crippen LogP contribution in [0.3, 0.4) is 0 Å². The number of aromatic nitrogens is 1. The Labute approximate surface area is 125 Å². The van der Waals surface area contributed by atoms with Crippen molar-refractivity contribution in [2.45, 2.75) is 13.3 Å². The molecular weight excluding hydrogens is 256 g/mol. The monoisotopic (exact) mass is 271 g/mol. The zero-order chi connectivity index (χ0) is 14.7. The second-order valence-electron chi connectivity index (χ2n) is 5.05. The quantitative estimate of drug-likeness (QED) is 0.814. The predicted octanol–water partition coefficient (Wildman–Crippen LogP) is 4.34. The van der Waals surface area contributed by atoms with Crippen molar-refractivity contribution < 1.29 is 0 Å². The molecule has 1 radical (unpaired) electrons. The summed E-state index contributed by atoms with van der Waals surface area (Å²) >= 11 is 0. The average molecular weight is 271 g/mol. The van der Waals surface area contributed by atoms with Crippen molar-refractivity contribution in [2.24, 2.45) is 0 Å². The number of rotatable bonds is 2. The number of benzene rings is 1. The van der Waals surface area contributed by atoms with Gasteiger partial charge in [0.2, 0.25) is 0 Å². The first-order valence-corrected chi connectivity index (χ1v) is 6.95. The summed E-state index contributed by atoms with van der Waals surface area (Å²) in [5, 5.41) is 9.25. The minimum atomic E-state index is 0.701. The van der Waals surface area contributed by atoms with Crippen LogP contribution < -0.4 is 0 Å². The summed E-state index contributed by atoms with van der Waals surface area (Å²) in [5.41, 5.74) is 5.95. The third-order valence-electron chi connectivity index (χ3n) is 3.54. The largest absolute Gasteiger partial charge is 0.253 e. The normalized spacial score (nSPS) is 14.1. The molecule has 1 aromatic carbocycles. The smallest absolute Gasteiger partial charge is 0.0998 e. The van der Waals surface area contributed by atoms with Gasteiger partial charge in [0.05, 0.1) is 17.3 Å². The Hall–Kier alpha value is -2.66. The Kier molecular flexibility index (Phi) is 3.66. The van der Waals surface area contributed by atoms with Crippen LogP contribution >= 0.6 is 0 Å². The Morgan fingerprint density at radius 1 is 1.10 bits per heavy atom. The molecule has 21 heavy (non-hydrogen) atoms. The highest BCUT2D eigenvalue weighted by atomic mass is 14.7. The van der Waals surface area contributed by atoms with E-state index in [0.717, 1.165) is 28.9 Å². The minimum absolute atomic E-state index is 0.701. The van der Waals surface area contributed by atoms with Gasteiger partial charge in [-0.05, 0) is 60.8 Å². The fraction of sp³-hybridized carbons (Fsp3) is 0.105. The van der Waals surface area contributed by atoms with Crippen LogP contribution in [0.1, 0.15) is 28.9 Å². The molecule has 2 heteroatoms. The highest BCUT2D eigenvalue weighted by Crippen LogP contribution is 2.31. The van der Waals surface area contributed by atoms with Crippen molar-refractivity contribution in [3.8, 4) is 6.07 Å². The molecule has 0 fully saturated rings. The Morgan fingerprint density at radius 2 is 1.95 bits per heavy atom. The molecule has 0 bridgehead atoms. The first-order chi connectivity index (χ1) is 10.3. The maximum absolute atomic E-state index is 9.25. The molecule has 0 spiro atoms. The van der Waals surface area contributed by atoms with Crippen LogP contribution in [-0.4, -0.2) is 4.98 Å². The van der Waals surface area contributed by atoms with Gasteiger partial charge in [-0.3, -0.25) is 4.98 Å². The van der Waals surface area contributed by atoms with E-state index in [4.69, 9.17) is 0 Å². The molecular formula is C19H15N2. The van der Waals surface area contributed by atoms with Crippen LogP contribution in [0.5, 0.6) is 0 Å². The van der Waals surface area contributed by atoms with E-state index in [9.17, 15) is 5.26 Å². The van der Waals surface area contributed by atoms with Gasteiger partial charge in [-0.15, -0.1) is 0 Å². The number of allylic oxidation sites excluding steroid dienone is 4. The Morgan fingerprint density at radius 3 is 2.76 bits per heavy atom. The van der Waals surface area contributed by atoms with Gasteiger partial charge in [0.1, 0.15) is 0 Å². The average Bonchev–Trinajstić information content (AvgIpc) is 2.55. The number of hydrogen-bond acceptors (Lipinski definition) is 2. The fourth-order valence-corrected chi connectivity index (χ4v) is 2.51. The number of hydrogen-bond donors (Lipinski definition) is 0. The SMILES string of the molecule is Cc1cccc(C2=CC(c3ccccc3C#N)=C[CH]C2)n1. The molecule has 0 saturated carbocycles. The molecule has 0 N–H and O–H groups in total. The van der Waals surface area contributed by atoms with E-state index in [2.05, 4.69) is 29.6 Å². The van der Waals surface area contributed by atoms with Gasteiger partial charge in [0.25, 0.3) is 0 Å². The number of pyridine rings is 1. The van der Waals surface area contributed by atoms with Crippen LogP contribution in [0.4, 0.5) is 0 Å². The molecule has 0 unspecified atom stereocenters. The van der Waals surface area contributed by atoms with E-state index in [1.807, 2.05) is 49.4 Å². The summed E-state index contributed by atoms with van der Waals surface area (Å²) in [5.74, 6) is 0. The Bertz CT molecular complexity index is 776. The van der Waals surface area contributed by atoms with Gasteiger partial charge in [-0.1, -0.05) is 30.3 Å². The fourth-order valence-electron chi connectivity index (χ4n) is 2.51. The van der Waals surface area contributed by atoms with E-state index in [1.165, 1.54) is 5.57 Å². The van der Waals surface area contributed by atoms with Crippen molar-refractivity contribution in [1.82, 2.24) is 4.98 Å². The zero-order valence-electron chi connectivity index (χ0n) is 11.9. The number of nitrogens with zero attached hydrogens (tertiary/aromatic N) is 2. The molecule has 1 aliphatic rings. The molecule has 1 aromatic heterocycles. The van der Waals surface area contributed by atoms with E-state index >= 15 is 0 Å². The van der Waals surface area contributed by atoms with Crippen LogP contribution in [0.2, 0.25) is 0 Å². The highest BCUT2D eigenvalue weighted by molar-refractivity contribution is 5.88. The van der Waals surface area contributed by atoms with E-state index < -0.39 is 0 Å². The second-order valence-corrected chi connectivity index (χ2v) is 5.05. The van der Waals surface area contributed by atoms with Gasteiger partial charge in [-0.25, -0.2) is 0 Å². The van der Waals surface area contributed by atoms with Gasteiger partial charge in [0.15, 0.2) is 0 Å². The molecule has 0 amide bonds. The molecule has 1 aliphatic carbocycles. The molecule has 1 heterocycles. The van der Waals surface area contributed by atoms with E-state index in [-0.39, 0.29) is 0 Å². The molecule has 2 aromatic rings. The van der Waals surface area contributed by atoms with Crippen molar-refractivity contribution >= 4 is 11.1 Å². The Balaban J connectivity index is 2.02. The van der Waals surface area contributed by atoms with Crippen LogP contribution in [0.25, 0.3) is 11.1 Å². The van der Waals surface area contributed by atoms with Crippen molar-refractivity contribution in [3.05, 3.63) is 83.6 Å². The molecule has 0 saturated heterocycles. The molecule has 2 nitrogen and oxygen atoms in total. The van der Waals surface area contributed by atoms with Gasteiger partial charge in [-0.2, -0.15) is 5.26 Å². The second kappa shape index (κ2) is 5.76. The number of aryl methyl sites for hydroxylation is 1. The van der Waals surface area contributed by atoms with Crippen molar-refractivity contribution in [3.63, 3.8) is 0 Å². The first kappa shape index (κ1) is 13.3. The summed E-state index contributed by atoms with van der Waals surface area (Å²) in [7, 11) is 0. The molecule has 0 atom stereocenters.